The van der Waals surface area contributed by atoms with E-state index in [0.717, 1.165) is 25.3 Å². The van der Waals surface area contributed by atoms with Crippen LogP contribution in [-0.4, -0.2) is 30.1 Å². The molecule has 0 bridgehead atoms. The van der Waals surface area contributed by atoms with Crippen LogP contribution in [0.15, 0.2) is 0 Å². The summed E-state index contributed by atoms with van der Waals surface area (Å²) < 4.78 is 15.8. The van der Waals surface area contributed by atoms with Crippen LogP contribution in [0.4, 0.5) is 0 Å². The summed E-state index contributed by atoms with van der Waals surface area (Å²) in [6.45, 7) is 0. The van der Waals surface area contributed by atoms with Gasteiger partial charge in [-0.25, -0.2) is 0 Å². The monoisotopic (exact) mass is 217 g/mol. The molecule has 0 heterocycles. The van der Waals surface area contributed by atoms with Crippen LogP contribution in [0.25, 0.3) is 0 Å². The van der Waals surface area contributed by atoms with Crippen molar-refractivity contribution in [3.63, 3.8) is 0 Å². The molecule has 0 amide bonds. The molecule has 5 heteroatoms. The molecule has 0 saturated heterocycles. The molecule has 0 aromatic carbocycles. The number of hydrogen-bond acceptors (Lipinski definition) is 4. The van der Waals surface area contributed by atoms with Gasteiger partial charge in [0, 0.05) is 33.8 Å². The van der Waals surface area contributed by atoms with Crippen molar-refractivity contribution in [3.05, 3.63) is 0 Å². The van der Waals surface area contributed by atoms with Gasteiger partial charge in [-0.2, -0.15) is 5.26 Å². The maximum atomic E-state index is 8.35. The first-order chi connectivity index (χ1) is 6.74. The van der Waals surface area contributed by atoms with Gasteiger partial charge in [0.2, 0.25) is 0 Å². The summed E-state index contributed by atoms with van der Waals surface area (Å²) >= 11 is 0. The van der Waals surface area contributed by atoms with Gasteiger partial charge in [-0.3, -0.25) is 0 Å². The van der Waals surface area contributed by atoms with Crippen LogP contribution in [0.5, 0.6) is 0 Å². The van der Waals surface area contributed by atoms with E-state index in [0.29, 0.717) is 6.42 Å². The van der Waals surface area contributed by atoms with Crippen LogP contribution >= 0.6 is 0 Å². The zero-order valence-corrected chi connectivity index (χ0v) is 10.2. The van der Waals surface area contributed by atoms with Gasteiger partial charge in [-0.05, 0) is 12.8 Å². The maximum Gasteiger partial charge on any atom is 0.500 e. The van der Waals surface area contributed by atoms with E-state index in [1.807, 2.05) is 0 Å². The molecule has 0 aliphatic carbocycles. The van der Waals surface area contributed by atoms with Crippen molar-refractivity contribution in [1.29, 1.82) is 5.26 Å². The van der Waals surface area contributed by atoms with E-state index in [-0.39, 0.29) is 0 Å². The Bertz CT molecular complexity index is 169. The van der Waals surface area contributed by atoms with Crippen LogP contribution in [0.2, 0.25) is 6.04 Å². The molecule has 0 fully saturated rings. The van der Waals surface area contributed by atoms with Gasteiger partial charge in [-0.1, -0.05) is 6.42 Å². The fourth-order valence-electron chi connectivity index (χ4n) is 1.28. The Morgan fingerprint density at radius 1 is 1.00 bits per heavy atom. The van der Waals surface area contributed by atoms with E-state index in [9.17, 15) is 0 Å². The second kappa shape index (κ2) is 7.94. The molecule has 0 unspecified atom stereocenters. The average Bonchev–Trinajstić information content (AvgIpc) is 2.24. The Balaban J connectivity index is 3.67. The maximum absolute atomic E-state index is 8.35. The minimum absolute atomic E-state index is 0.626. The molecule has 0 aromatic heterocycles. The summed E-state index contributed by atoms with van der Waals surface area (Å²) in [5, 5.41) is 8.35. The van der Waals surface area contributed by atoms with Gasteiger partial charge < -0.3 is 13.3 Å². The van der Waals surface area contributed by atoms with Crippen molar-refractivity contribution < 1.29 is 13.3 Å². The zero-order valence-electron chi connectivity index (χ0n) is 9.21. The minimum Gasteiger partial charge on any atom is -0.377 e. The van der Waals surface area contributed by atoms with Crippen molar-refractivity contribution >= 4 is 8.80 Å². The van der Waals surface area contributed by atoms with Gasteiger partial charge in [0.15, 0.2) is 0 Å². The highest BCUT2D eigenvalue weighted by Crippen LogP contribution is 2.17. The first kappa shape index (κ1) is 13.6. The molecular weight excluding hydrogens is 198 g/mol. The molecule has 0 N–H and O–H groups in total. The second-order valence-corrected chi connectivity index (χ2v) is 6.10. The Morgan fingerprint density at radius 3 is 2.00 bits per heavy atom. The van der Waals surface area contributed by atoms with Gasteiger partial charge in [-0.15, -0.1) is 0 Å². The summed E-state index contributed by atoms with van der Waals surface area (Å²) in [6, 6.07) is 2.95. The summed E-state index contributed by atoms with van der Waals surface area (Å²) in [6.07, 6.45) is 3.58. The van der Waals surface area contributed by atoms with Crippen LogP contribution in [0.3, 0.4) is 0 Å². The molecular formula is C9H19NO3Si. The predicted molar refractivity (Wildman–Crippen MR) is 55.7 cm³/mol. The van der Waals surface area contributed by atoms with E-state index in [4.69, 9.17) is 18.5 Å². The minimum atomic E-state index is -2.36. The molecule has 0 spiro atoms. The van der Waals surface area contributed by atoms with Gasteiger partial charge >= 0.3 is 8.80 Å². The number of nitriles is 1. The topological polar surface area (TPSA) is 51.5 Å². The third kappa shape index (κ3) is 4.72. The fraction of sp³-hybridized carbons (Fsp3) is 0.889. The summed E-state index contributed by atoms with van der Waals surface area (Å²) in [7, 11) is 2.50. The largest absolute Gasteiger partial charge is 0.500 e. The number of hydrogen-bond donors (Lipinski definition) is 0. The standard InChI is InChI=1S/C9H19NO3Si/c1-11-14(12-2,13-3)9-7-5-4-6-8-10/h4-7,9H2,1-3H3. The fourth-order valence-corrected chi connectivity index (χ4v) is 3.07. The Morgan fingerprint density at radius 2 is 1.57 bits per heavy atom. The number of unbranched alkanes of at least 4 members (excludes halogenated alkanes) is 3. The molecule has 0 rings (SSSR count). The predicted octanol–water partition coefficient (Wildman–Crippen LogP) is 1.95. The van der Waals surface area contributed by atoms with Crippen molar-refractivity contribution in [2.45, 2.75) is 31.7 Å². The average molecular weight is 217 g/mol. The van der Waals surface area contributed by atoms with E-state index >= 15 is 0 Å². The molecule has 4 nitrogen and oxygen atoms in total. The molecule has 0 atom stereocenters. The molecule has 0 radical (unpaired) electrons. The lowest BCUT2D eigenvalue weighted by Gasteiger charge is -2.24. The molecule has 14 heavy (non-hydrogen) atoms. The summed E-state index contributed by atoms with van der Waals surface area (Å²) in [5.74, 6) is 0. The highest BCUT2D eigenvalue weighted by Gasteiger charge is 2.36. The first-order valence-corrected chi connectivity index (χ1v) is 6.70. The second-order valence-electron chi connectivity index (χ2n) is 3.01. The molecule has 0 aromatic rings. The van der Waals surface area contributed by atoms with Crippen molar-refractivity contribution in [2.75, 3.05) is 21.3 Å². The van der Waals surface area contributed by atoms with Crippen LogP contribution in [-0.2, 0) is 13.3 Å². The molecule has 0 aliphatic heterocycles. The Kier molecular flexibility index (Phi) is 7.71. The highest BCUT2D eigenvalue weighted by molar-refractivity contribution is 6.60. The Hall–Kier alpha value is -0.413. The third-order valence-electron chi connectivity index (χ3n) is 2.20. The first-order valence-electron chi connectivity index (χ1n) is 4.77. The molecule has 0 aliphatic rings. The SMILES string of the molecule is CO[Si](CCCCCC#N)(OC)OC. The quantitative estimate of drug-likeness (QED) is 0.460. The van der Waals surface area contributed by atoms with Gasteiger partial charge in [0.1, 0.15) is 0 Å². The van der Waals surface area contributed by atoms with Gasteiger partial charge in [0.05, 0.1) is 6.07 Å². The van der Waals surface area contributed by atoms with Gasteiger partial charge in [0.25, 0.3) is 0 Å². The van der Waals surface area contributed by atoms with E-state index in [1.165, 1.54) is 0 Å². The Labute approximate surface area is 87.1 Å². The molecule has 82 valence electrons. The van der Waals surface area contributed by atoms with Crippen molar-refractivity contribution in [2.24, 2.45) is 0 Å². The van der Waals surface area contributed by atoms with Crippen LogP contribution in [0.1, 0.15) is 25.7 Å². The van der Waals surface area contributed by atoms with Crippen LogP contribution < -0.4 is 0 Å². The lowest BCUT2D eigenvalue weighted by molar-refractivity contribution is 0.122. The highest BCUT2D eigenvalue weighted by atomic mass is 28.4. The lowest BCUT2D eigenvalue weighted by Crippen LogP contribution is -2.42. The smallest absolute Gasteiger partial charge is 0.377 e. The summed E-state index contributed by atoms with van der Waals surface area (Å²) in [5.41, 5.74) is 0. The summed E-state index contributed by atoms with van der Waals surface area (Å²) in [4.78, 5) is 0. The zero-order chi connectivity index (χ0) is 10.9. The van der Waals surface area contributed by atoms with Crippen LogP contribution in [0, 0.1) is 11.3 Å². The number of rotatable bonds is 8. The van der Waals surface area contributed by atoms with Crippen molar-refractivity contribution in [3.8, 4) is 6.07 Å². The van der Waals surface area contributed by atoms with E-state index in [2.05, 4.69) is 6.07 Å². The lowest BCUT2D eigenvalue weighted by atomic mass is 10.2. The van der Waals surface area contributed by atoms with E-state index < -0.39 is 8.80 Å². The third-order valence-corrected chi connectivity index (χ3v) is 5.04. The number of nitrogens with zero attached hydrogens (tertiary/aromatic N) is 1. The normalized spacial score (nSPS) is 11.3. The van der Waals surface area contributed by atoms with E-state index in [1.54, 1.807) is 21.3 Å². The molecule has 0 saturated carbocycles. The van der Waals surface area contributed by atoms with Crippen molar-refractivity contribution in [1.82, 2.24) is 0 Å².